The fourth-order valence-electron chi connectivity index (χ4n) is 13.6. The Bertz CT molecular complexity index is 2030. The molecule has 5 atom stereocenters. The van der Waals surface area contributed by atoms with Crippen molar-refractivity contribution in [2.75, 3.05) is 39.6 Å². The van der Waals surface area contributed by atoms with Gasteiger partial charge >= 0.3 is 39.5 Å². The van der Waals surface area contributed by atoms with E-state index in [1.807, 2.05) is 0 Å². The van der Waals surface area contributed by atoms with Crippen molar-refractivity contribution in [3.8, 4) is 0 Å². The lowest BCUT2D eigenvalue weighted by atomic mass is 10.0. The molecule has 0 bridgehead atoms. The Morgan fingerprint density at radius 1 is 0.255 bits per heavy atom. The number of ether oxygens (including phenoxy) is 4. The lowest BCUT2D eigenvalue weighted by Gasteiger charge is -2.21. The molecule has 0 spiro atoms. The van der Waals surface area contributed by atoms with Gasteiger partial charge in [-0.3, -0.25) is 37.3 Å². The monoisotopic (exact) mass is 1550 g/mol. The fourth-order valence-corrected chi connectivity index (χ4v) is 15.2. The molecular formula is C87H170O17P2. The molecule has 0 heterocycles. The highest BCUT2D eigenvalue weighted by molar-refractivity contribution is 7.47. The molecule has 630 valence electrons. The van der Waals surface area contributed by atoms with Crippen LogP contribution in [0.25, 0.3) is 0 Å². The van der Waals surface area contributed by atoms with E-state index in [4.69, 9.17) is 37.0 Å². The number of unbranched alkanes of at least 4 members (excludes halogenated alkanes) is 56. The fraction of sp³-hybridized carbons (Fsp3) is 0.954. The minimum Gasteiger partial charge on any atom is -0.462 e. The molecule has 17 nitrogen and oxygen atoms in total. The van der Waals surface area contributed by atoms with Gasteiger partial charge in [-0.1, -0.05) is 414 Å². The van der Waals surface area contributed by atoms with Crippen LogP contribution in [0, 0.1) is 11.8 Å². The molecular weight excluding hydrogens is 1380 g/mol. The van der Waals surface area contributed by atoms with Crippen molar-refractivity contribution in [2.24, 2.45) is 11.8 Å². The molecule has 0 saturated carbocycles. The van der Waals surface area contributed by atoms with Crippen molar-refractivity contribution in [3.63, 3.8) is 0 Å². The lowest BCUT2D eigenvalue weighted by Crippen LogP contribution is -2.30. The van der Waals surface area contributed by atoms with E-state index in [1.54, 1.807) is 0 Å². The van der Waals surface area contributed by atoms with Gasteiger partial charge in [0.2, 0.25) is 0 Å². The third-order valence-electron chi connectivity index (χ3n) is 20.5. The zero-order valence-corrected chi connectivity index (χ0v) is 71.5. The summed E-state index contributed by atoms with van der Waals surface area (Å²) in [5.41, 5.74) is 0. The summed E-state index contributed by atoms with van der Waals surface area (Å²) in [6, 6.07) is 0. The number of rotatable bonds is 86. The number of aliphatic hydroxyl groups is 1. The van der Waals surface area contributed by atoms with E-state index in [0.29, 0.717) is 25.7 Å². The molecule has 0 aromatic rings. The lowest BCUT2D eigenvalue weighted by molar-refractivity contribution is -0.161. The van der Waals surface area contributed by atoms with Gasteiger partial charge in [-0.15, -0.1) is 0 Å². The summed E-state index contributed by atoms with van der Waals surface area (Å²) >= 11 is 0. The first-order valence-electron chi connectivity index (χ1n) is 45.0. The van der Waals surface area contributed by atoms with Crippen LogP contribution in [0.4, 0.5) is 0 Å². The smallest absolute Gasteiger partial charge is 0.462 e. The van der Waals surface area contributed by atoms with Gasteiger partial charge in [0, 0.05) is 25.7 Å². The van der Waals surface area contributed by atoms with Crippen molar-refractivity contribution >= 4 is 39.5 Å². The van der Waals surface area contributed by atoms with Crippen molar-refractivity contribution in [2.45, 2.75) is 484 Å². The zero-order valence-electron chi connectivity index (χ0n) is 69.7. The van der Waals surface area contributed by atoms with Crippen LogP contribution in [0.2, 0.25) is 0 Å². The second-order valence-corrected chi connectivity index (χ2v) is 35.1. The van der Waals surface area contributed by atoms with Crippen LogP contribution in [-0.2, 0) is 65.4 Å². The Morgan fingerprint density at radius 3 is 0.642 bits per heavy atom. The number of esters is 4. The summed E-state index contributed by atoms with van der Waals surface area (Å²) in [5, 5.41) is 10.7. The molecule has 19 heteroatoms. The summed E-state index contributed by atoms with van der Waals surface area (Å²) in [5.74, 6) is -0.546. The quantitative estimate of drug-likeness (QED) is 0.0222. The highest BCUT2D eigenvalue weighted by atomic mass is 31.2. The highest BCUT2D eigenvalue weighted by Gasteiger charge is 2.30. The summed E-state index contributed by atoms with van der Waals surface area (Å²) < 4.78 is 69.0. The van der Waals surface area contributed by atoms with Crippen molar-refractivity contribution < 1.29 is 80.2 Å². The molecule has 3 N–H and O–H groups in total. The highest BCUT2D eigenvalue weighted by Crippen LogP contribution is 2.45. The third kappa shape index (κ3) is 80.1. The van der Waals surface area contributed by atoms with Crippen LogP contribution < -0.4 is 0 Å². The predicted octanol–water partition coefficient (Wildman–Crippen LogP) is 26.6. The maximum Gasteiger partial charge on any atom is 0.472 e. The third-order valence-corrected chi connectivity index (χ3v) is 22.4. The van der Waals surface area contributed by atoms with Gasteiger partial charge in [0.05, 0.1) is 26.4 Å². The van der Waals surface area contributed by atoms with Gasteiger partial charge in [-0.05, 0) is 37.5 Å². The largest absolute Gasteiger partial charge is 0.472 e. The van der Waals surface area contributed by atoms with Gasteiger partial charge < -0.3 is 33.8 Å². The van der Waals surface area contributed by atoms with Crippen LogP contribution in [0.15, 0.2) is 0 Å². The van der Waals surface area contributed by atoms with E-state index in [9.17, 15) is 43.2 Å². The van der Waals surface area contributed by atoms with E-state index < -0.39 is 97.5 Å². The number of hydrogen-bond donors (Lipinski definition) is 3. The molecule has 0 aliphatic rings. The molecule has 0 aliphatic heterocycles. The van der Waals surface area contributed by atoms with E-state index in [0.717, 1.165) is 102 Å². The van der Waals surface area contributed by atoms with Crippen LogP contribution in [-0.4, -0.2) is 96.7 Å². The Kier molecular flexibility index (Phi) is 76.9. The minimum absolute atomic E-state index is 0.108. The number of carbonyl (C=O) groups excluding carboxylic acids is 4. The van der Waals surface area contributed by atoms with Crippen molar-refractivity contribution in [3.05, 3.63) is 0 Å². The van der Waals surface area contributed by atoms with Crippen LogP contribution in [0.3, 0.4) is 0 Å². The van der Waals surface area contributed by atoms with Gasteiger partial charge in [-0.25, -0.2) is 9.13 Å². The predicted molar refractivity (Wildman–Crippen MR) is 437 cm³/mol. The molecule has 2 unspecified atom stereocenters. The first kappa shape index (κ1) is 104. The summed E-state index contributed by atoms with van der Waals surface area (Å²) in [6.07, 6.45) is 70.8. The number of phosphoric ester groups is 2. The Morgan fingerprint density at radius 2 is 0.434 bits per heavy atom. The minimum atomic E-state index is -4.97. The van der Waals surface area contributed by atoms with Crippen LogP contribution in [0.5, 0.6) is 0 Å². The molecule has 0 aromatic carbocycles. The molecule has 0 amide bonds. The molecule has 0 rings (SSSR count). The van der Waals surface area contributed by atoms with E-state index in [2.05, 4.69) is 41.5 Å². The van der Waals surface area contributed by atoms with Crippen LogP contribution >= 0.6 is 15.6 Å². The number of phosphoric acid groups is 2. The first-order chi connectivity index (χ1) is 51.4. The molecule has 0 fully saturated rings. The standard InChI is InChI=1S/C87H170O17P2/c1-7-9-11-13-15-17-19-21-23-25-27-31-35-39-45-51-57-63-69-84(89)97-75-82(103-86(91)72-66-60-54-47-41-37-33-29-28-30-34-38-43-49-55-61-67-79(3)4)77-101-105(93,94)99-73-81(88)74-100-106(95,96)102-78-83(76-98-85(90)70-64-58-52-48-42-44-50-56-62-68-80(5)6)104-87(92)71-65-59-53-46-40-36-32-26-24-22-20-18-16-14-12-10-8-2/h79-83,88H,7-78H2,1-6H3,(H,93,94)(H,95,96)/t81-,82-,83-/m1/s1. The summed E-state index contributed by atoms with van der Waals surface area (Å²) in [6.45, 7) is 9.70. The van der Waals surface area contributed by atoms with Gasteiger partial charge in [-0.2, -0.15) is 0 Å². The molecule has 106 heavy (non-hydrogen) atoms. The summed E-state index contributed by atoms with van der Waals surface area (Å²) in [7, 11) is -9.93. The normalized spacial score (nSPS) is 13.8. The zero-order chi connectivity index (χ0) is 77.8. The number of carbonyl (C=O) groups is 4. The summed E-state index contributed by atoms with van der Waals surface area (Å²) in [4.78, 5) is 73.3. The maximum absolute atomic E-state index is 13.2. The number of hydrogen-bond acceptors (Lipinski definition) is 15. The SMILES string of the molecule is CCCCCCCCCCCCCCCCCCCCC(=O)OC[C@H](COP(=O)(O)OC[C@@H](O)COP(=O)(O)OC[C@@H](COC(=O)CCCCCCCCCCCC(C)C)OC(=O)CCCCCCCCCCCCCCCCCCC)OC(=O)CCCCCCCCCCCCCCCCCCC(C)C. The molecule has 0 saturated heterocycles. The Hall–Kier alpha value is -1.94. The molecule has 0 radical (unpaired) electrons. The molecule has 0 aromatic heterocycles. The van der Waals surface area contributed by atoms with Gasteiger partial charge in [0.25, 0.3) is 0 Å². The average molecular weight is 1550 g/mol. The number of aliphatic hydroxyl groups excluding tert-OH is 1. The van der Waals surface area contributed by atoms with E-state index in [-0.39, 0.29) is 25.7 Å². The first-order valence-corrected chi connectivity index (χ1v) is 48.0. The Labute approximate surface area is 651 Å². The van der Waals surface area contributed by atoms with E-state index in [1.165, 1.54) is 283 Å². The molecule has 0 aliphatic carbocycles. The Balaban J connectivity index is 5.26. The van der Waals surface area contributed by atoms with Gasteiger partial charge in [0.15, 0.2) is 12.2 Å². The van der Waals surface area contributed by atoms with Crippen molar-refractivity contribution in [1.29, 1.82) is 0 Å². The average Bonchev–Trinajstić information content (AvgIpc) is 0.901. The van der Waals surface area contributed by atoms with Crippen LogP contribution in [0.1, 0.15) is 465 Å². The van der Waals surface area contributed by atoms with E-state index >= 15 is 0 Å². The van der Waals surface area contributed by atoms with Crippen molar-refractivity contribution in [1.82, 2.24) is 0 Å². The topological polar surface area (TPSA) is 237 Å². The second-order valence-electron chi connectivity index (χ2n) is 32.2. The van der Waals surface area contributed by atoms with Gasteiger partial charge in [0.1, 0.15) is 19.3 Å². The second kappa shape index (κ2) is 78.3. The maximum atomic E-state index is 13.2.